The van der Waals surface area contributed by atoms with Crippen molar-refractivity contribution in [2.45, 2.75) is 18.9 Å². The fourth-order valence-electron chi connectivity index (χ4n) is 3.92. The van der Waals surface area contributed by atoms with Crippen LogP contribution < -0.4 is 10.2 Å². The fourth-order valence-corrected chi connectivity index (χ4v) is 4.11. The number of nitrogens with one attached hydrogen (secondary N) is 1. The van der Waals surface area contributed by atoms with Gasteiger partial charge in [0, 0.05) is 47.6 Å². The van der Waals surface area contributed by atoms with Gasteiger partial charge in [0.05, 0.1) is 6.20 Å². The van der Waals surface area contributed by atoms with Crippen molar-refractivity contribution in [1.29, 1.82) is 0 Å². The molecule has 2 N–H and O–H groups in total. The average molecular weight is 474 g/mol. The minimum absolute atomic E-state index is 0. The van der Waals surface area contributed by atoms with Gasteiger partial charge in [-0.1, -0.05) is 23.7 Å². The number of nitrogens with zero attached hydrogens (tertiary/aromatic N) is 2. The van der Waals surface area contributed by atoms with Gasteiger partial charge in [-0.3, -0.25) is 4.79 Å². The largest absolute Gasteiger partial charge is 0.396 e. The van der Waals surface area contributed by atoms with Crippen molar-refractivity contribution in [2.24, 2.45) is 0 Å². The molecule has 1 aliphatic rings. The molecule has 3 aromatic rings. The number of hydrogen-bond donors (Lipinski definition) is 2. The molecule has 1 saturated heterocycles. The number of aromatic nitrogens is 1. The predicted octanol–water partition coefficient (Wildman–Crippen LogP) is 4.44. The molecule has 1 atom stereocenters. The van der Waals surface area contributed by atoms with E-state index in [-0.39, 0.29) is 37.7 Å². The number of carbonyl (C=O) groups excluding carboxylic acids is 1. The van der Waals surface area contributed by atoms with Gasteiger partial charge in [-0.05, 0) is 60.9 Å². The zero-order valence-electron chi connectivity index (χ0n) is 17.4. The highest BCUT2D eigenvalue weighted by Gasteiger charge is 2.25. The van der Waals surface area contributed by atoms with E-state index in [2.05, 4.69) is 15.2 Å². The van der Waals surface area contributed by atoms with Crippen LogP contribution >= 0.6 is 25.1 Å². The van der Waals surface area contributed by atoms with Gasteiger partial charge in [0.25, 0.3) is 0 Å². The summed E-state index contributed by atoms with van der Waals surface area (Å²) in [5.74, 6) is 0.183. The third-order valence-corrected chi connectivity index (χ3v) is 5.65. The molecule has 1 aliphatic heterocycles. The lowest BCUT2D eigenvalue weighted by molar-refractivity contribution is 0.103. The molecule has 0 spiro atoms. The molecule has 5 nitrogen and oxygen atoms in total. The maximum Gasteiger partial charge on any atom is 0.193 e. The molecule has 8 heteroatoms. The van der Waals surface area contributed by atoms with Crippen molar-refractivity contribution in [3.8, 4) is 0 Å². The van der Waals surface area contributed by atoms with Gasteiger partial charge >= 0.3 is 0 Å². The number of rotatable bonds is 7. The first-order valence-electron chi connectivity index (χ1n) is 10.2. The summed E-state index contributed by atoms with van der Waals surface area (Å²) in [6.45, 7) is 1.58. The van der Waals surface area contributed by atoms with E-state index in [1.54, 1.807) is 30.3 Å². The molecule has 0 bridgehead atoms. The van der Waals surface area contributed by atoms with E-state index in [1.807, 2.05) is 18.2 Å². The highest BCUT2D eigenvalue weighted by atomic mass is 35.5. The van der Waals surface area contributed by atoms with Crippen LogP contribution in [-0.4, -0.2) is 41.6 Å². The standard InChI is InChI=1S/C24H23ClFN3O2.H2S/c25-19-3-1-2-17(13-19)24(31)18-4-6-22(16(12-18)9-11-30)29-10-8-21(15-29)28-23-7-5-20(26)14-27-23;/h1-7,12-14,21,30H,8-11,15H2,(H,27,28);1H2/t21-;/m0./s1. The Bertz CT molecular complexity index is 1080. The molecule has 1 fully saturated rings. The van der Waals surface area contributed by atoms with E-state index in [9.17, 15) is 14.3 Å². The fraction of sp³-hybridized carbons (Fsp3) is 0.250. The Morgan fingerprint density at radius 2 is 2.00 bits per heavy atom. The van der Waals surface area contributed by atoms with Gasteiger partial charge in [-0.25, -0.2) is 9.37 Å². The van der Waals surface area contributed by atoms with Crippen LogP contribution in [0.5, 0.6) is 0 Å². The normalized spacial score (nSPS) is 15.3. The quantitative estimate of drug-likeness (QED) is 0.496. The van der Waals surface area contributed by atoms with Gasteiger partial charge in [-0.15, -0.1) is 0 Å². The molecule has 2 heterocycles. The van der Waals surface area contributed by atoms with E-state index < -0.39 is 0 Å². The number of aliphatic hydroxyl groups is 1. The van der Waals surface area contributed by atoms with Gasteiger partial charge in [0.15, 0.2) is 5.78 Å². The van der Waals surface area contributed by atoms with Crippen LogP contribution in [0.25, 0.3) is 0 Å². The number of carbonyl (C=O) groups is 1. The summed E-state index contributed by atoms with van der Waals surface area (Å²) >= 11 is 6.03. The third kappa shape index (κ3) is 5.59. The monoisotopic (exact) mass is 473 g/mol. The number of aliphatic hydroxyl groups excluding tert-OH is 1. The Balaban J connectivity index is 0.00000289. The number of anilines is 2. The molecule has 0 amide bonds. The summed E-state index contributed by atoms with van der Waals surface area (Å²) in [6, 6.07) is 15.7. The van der Waals surface area contributed by atoms with Crippen LogP contribution in [0, 0.1) is 5.82 Å². The second-order valence-corrected chi connectivity index (χ2v) is 8.03. The van der Waals surface area contributed by atoms with Gasteiger partial charge < -0.3 is 15.3 Å². The first kappa shape index (κ1) is 24.0. The van der Waals surface area contributed by atoms with E-state index >= 15 is 0 Å². The summed E-state index contributed by atoms with van der Waals surface area (Å²) in [5.41, 5.74) is 3.04. The van der Waals surface area contributed by atoms with Gasteiger partial charge in [0.1, 0.15) is 11.6 Å². The van der Waals surface area contributed by atoms with Crippen LogP contribution in [-0.2, 0) is 6.42 Å². The minimum atomic E-state index is -0.361. The van der Waals surface area contributed by atoms with Crippen molar-refractivity contribution in [2.75, 3.05) is 29.9 Å². The van der Waals surface area contributed by atoms with E-state index in [1.165, 1.54) is 12.3 Å². The van der Waals surface area contributed by atoms with E-state index in [0.717, 1.165) is 30.8 Å². The maximum absolute atomic E-state index is 13.1. The lowest BCUT2D eigenvalue weighted by Crippen LogP contribution is -2.27. The molecular formula is C24H25ClFN3O2S. The van der Waals surface area contributed by atoms with Crippen molar-refractivity contribution in [3.63, 3.8) is 0 Å². The van der Waals surface area contributed by atoms with Crippen molar-refractivity contribution in [1.82, 2.24) is 4.98 Å². The molecule has 0 aliphatic carbocycles. The van der Waals surface area contributed by atoms with Crippen molar-refractivity contribution in [3.05, 3.63) is 88.3 Å². The number of benzene rings is 2. The number of hydrogen-bond acceptors (Lipinski definition) is 5. The Kier molecular flexibility index (Phi) is 8.12. The molecule has 0 radical (unpaired) electrons. The van der Waals surface area contributed by atoms with Crippen molar-refractivity contribution < 1.29 is 14.3 Å². The molecule has 0 unspecified atom stereocenters. The Morgan fingerprint density at radius 3 is 2.72 bits per heavy atom. The second-order valence-electron chi connectivity index (χ2n) is 7.59. The van der Waals surface area contributed by atoms with E-state index in [0.29, 0.717) is 28.4 Å². The molecule has 1 aromatic heterocycles. The zero-order valence-corrected chi connectivity index (χ0v) is 19.1. The Morgan fingerprint density at radius 1 is 1.19 bits per heavy atom. The summed E-state index contributed by atoms with van der Waals surface area (Å²) in [7, 11) is 0. The lowest BCUT2D eigenvalue weighted by Gasteiger charge is -2.23. The first-order valence-corrected chi connectivity index (χ1v) is 10.6. The number of halogens is 2. The highest BCUT2D eigenvalue weighted by Crippen LogP contribution is 2.28. The SMILES string of the molecule is O=C(c1cccc(Cl)c1)c1ccc(N2CC[C@H](Nc3ccc(F)cn3)C2)c(CCO)c1.S. The zero-order chi connectivity index (χ0) is 21.8. The summed E-state index contributed by atoms with van der Waals surface area (Å²) < 4.78 is 13.1. The maximum atomic E-state index is 13.1. The third-order valence-electron chi connectivity index (χ3n) is 5.42. The minimum Gasteiger partial charge on any atom is -0.396 e. The summed E-state index contributed by atoms with van der Waals surface area (Å²) in [4.78, 5) is 19.2. The summed E-state index contributed by atoms with van der Waals surface area (Å²) in [6.07, 6.45) is 2.56. The predicted molar refractivity (Wildman–Crippen MR) is 131 cm³/mol. The molecule has 2 aromatic carbocycles. The van der Waals surface area contributed by atoms with E-state index in [4.69, 9.17) is 11.6 Å². The number of ketones is 1. The van der Waals surface area contributed by atoms with Gasteiger partial charge in [0.2, 0.25) is 0 Å². The Hall–Kier alpha value is -2.61. The van der Waals surface area contributed by atoms with Crippen LogP contribution in [0.2, 0.25) is 5.02 Å². The summed E-state index contributed by atoms with van der Waals surface area (Å²) in [5, 5.41) is 13.4. The molecule has 168 valence electrons. The molecular weight excluding hydrogens is 449 g/mol. The molecule has 4 rings (SSSR count). The second kappa shape index (κ2) is 10.8. The number of pyridine rings is 1. The average Bonchev–Trinajstić information content (AvgIpc) is 3.23. The Labute approximate surface area is 198 Å². The lowest BCUT2D eigenvalue weighted by atomic mass is 9.98. The van der Waals surface area contributed by atoms with Crippen LogP contribution in [0.15, 0.2) is 60.8 Å². The van der Waals surface area contributed by atoms with Crippen molar-refractivity contribution >= 4 is 42.4 Å². The van der Waals surface area contributed by atoms with Crippen LogP contribution in [0.1, 0.15) is 27.9 Å². The van der Waals surface area contributed by atoms with Crippen LogP contribution in [0.3, 0.4) is 0 Å². The molecule has 32 heavy (non-hydrogen) atoms. The topological polar surface area (TPSA) is 65.5 Å². The smallest absolute Gasteiger partial charge is 0.193 e. The van der Waals surface area contributed by atoms with Gasteiger partial charge in [-0.2, -0.15) is 13.5 Å². The van der Waals surface area contributed by atoms with Crippen LogP contribution in [0.4, 0.5) is 15.9 Å². The highest BCUT2D eigenvalue weighted by molar-refractivity contribution is 7.59. The molecule has 0 saturated carbocycles. The first-order chi connectivity index (χ1) is 15.0.